The topological polar surface area (TPSA) is 126 Å². The van der Waals surface area contributed by atoms with Crippen LogP contribution in [0.15, 0.2) is 113 Å². The number of carbonyl (C=O) groups is 1. The molecule has 11 heteroatoms. The fourth-order valence-corrected chi connectivity index (χ4v) is 6.10. The largest absolute Gasteiger partial charge is 0.325 e. The number of carbonyl (C=O) groups excluding carboxylic acids is 1. The second-order valence-corrected chi connectivity index (χ2v) is 11.8. The normalized spacial score (nSPS) is 11.5. The van der Waals surface area contributed by atoms with Crippen molar-refractivity contribution in [1.82, 2.24) is 4.98 Å². The molecule has 196 valence electrons. The van der Waals surface area contributed by atoms with E-state index in [9.17, 15) is 21.6 Å². The Morgan fingerprint density at radius 1 is 0.789 bits per heavy atom. The minimum atomic E-state index is -4.04. The van der Waals surface area contributed by atoms with E-state index in [0.29, 0.717) is 17.1 Å². The van der Waals surface area contributed by atoms with E-state index in [2.05, 4.69) is 15.0 Å². The van der Waals surface area contributed by atoms with Crippen molar-refractivity contribution in [3.63, 3.8) is 0 Å². The lowest BCUT2D eigenvalue weighted by atomic mass is 10.1. The molecule has 4 aromatic rings. The van der Waals surface area contributed by atoms with Gasteiger partial charge in [-0.2, -0.15) is 0 Å². The third-order valence-corrected chi connectivity index (χ3v) is 8.80. The standard InChI is InChI=1S/C27H26N4O5S2/c1-2-21-10-14-24(15-11-21)31(38(35,36)26-8-4-3-5-9-26)20-27(32)29-22-12-16-25(17-13-22)37(33,34)30-23-7-6-18-28-19-23/h3-19,30H,2,20H2,1H3,(H,29,32). The van der Waals surface area contributed by atoms with E-state index in [0.717, 1.165) is 16.3 Å². The van der Waals surface area contributed by atoms with Crippen LogP contribution in [0.5, 0.6) is 0 Å². The highest BCUT2D eigenvalue weighted by molar-refractivity contribution is 7.93. The molecule has 0 fully saturated rings. The van der Waals surface area contributed by atoms with Crippen LogP contribution in [-0.4, -0.2) is 34.3 Å². The van der Waals surface area contributed by atoms with E-state index in [1.165, 1.54) is 48.8 Å². The van der Waals surface area contributed by atoms with Crippen LogP contribution >= 0.6 is 0 Å². The molecule has 38 heavy (non-hydrogen) atoms. The molecule has 0 aliphatic heterocycles. The number of hydrogen-bond donors (Lipinski definition) is 2. The number of amides is 1. The summed E-state index contributed by atoms with van der Waals surface area (Å²) < 4.78 is 55.6. The summed E-state index contributed by atoms with van der Waals surface area (Å²) in [6, 6.07) is 23.6. The Hall–Kier alpha value is -4.22. The van der Waals surface area contributed by atoms with Crippen LogP contribution in [0.3, 0.4) is 0 Å². The molecule has 1 heterocycles. The summed E-state index contributed by atoms with van der Waals surface area (Å²) >= 11 is 0. The summed E-state index contributed by atoms with van der Waals surface area (Å²) in [6.45, 7) is 1.51. The minimum absolute atomic E-state index is 0.0105. The van der Waals surface area contributed by atoms with Crippen molar-refractivity contribution in [2.75, 3.05) is 20.9 Å². The molecule has 0 bridgehead atoms. The van der Waals surface area contributed by atoms with Gasteiger partial charge >= 0.3 is 0 Å². The second-order valence-electron chi connectivity index (χ2n) is 8.26. The molecule has 2 N–H and O–H groups in total. The maximum atomic E-state index is 13.4. The molecule has 0 atom stereocenters. The molecule has 1 amide bonds. The van der Waals surface area contributed by atoms with Crippen molar-refractivity contribution < 1.29 is 21.6 Å². The van der Waals surface area contributed by atoms with Gasteiger partial charge in [0.1, 0.15) is 6.54 Å². The summed E-state index contributed by atoms with van der Waals surface area (Å²) in [6.07, 6.45) is 3.70. The second kappa shape index (κ2) is 11.4. The Morgan fingerprint density at radius 3 is 2.08 bits per heavy atom. The molecule has 1 aromatic heterocycles. The van der Waals surface area contributed by atoms with Gasteiger partial charge in [0.05, 0.1) is 27.4 Å². The zero-order valence-electron chi connectivity index (χ0n) is 20.5. The molecule has 0 aliphatic carbocycles. The molecular formula is C27H26N4O5S2. The number of aryl methyl sites for hydroxylation is 1. The van der Waals surface area contributed by atoms with Crippen molar-refractivity contribution in [3.8, 4) is 0 Å². The number of rotatable bonds is 10. The average molecular weight is 551 g/mol. The van der Waals surface area contributed by atoms with Gasteiger partial charge in [0.25, 0.3) is 20.0 Å². The Labute approximate surface area is 222 Å². The fourth-order valence-electron chi connectivity index (χ4n) is 3.62. The molecule has 0 aliphatic rings. The Balaban J connectivity index is 1.53. The Kier molecular flexibility index (Phi) is 8.08. The van der Waals surface area contributed by atoms with Gasteiger partial charge < -0.3 is 5.32 Å². The molecule has 0 saturated carbocycles. The molecular weight excluding hydrogens is 524 g/mol. The monoisotopic (exact) mass is 550 g/mol. The van der Waals surface area contributed by atoms with E-state index in [-0.39, 0.29) is 9.79 Å². The molecule has 0 unspecified atom stereocenters. The van der Waals surface area contributed by atoms with Crippen LogP contribution < -0.4 is 14.3 Å². The number of aromatic nitrogens is 1. The van der Waals surface area contributed by atoms with Crippen LogP contribution in [0.1, 0.15) is 12.5 Å². The van der Waals surface area contributed by atoms with Gasteiger partial charge in [0.2, 0.25) is 5.91 Å². The van der Waals surface area contributed by atoms with Crippen LogP contribution in [0.4, 0.5) is 17.1 Å². The van der Waals surface area contributed by atoms with Crippen molar-refractivity contribution in [3.05, 3.63) is 109 Å². The van der Waals surface area contributed by atoms with Gasteiger partial charge in [0, 0.05) is 11.9 Å². The molecule has 0 spiro atoms. The number of sulfonamides is 2. The maximum absolute atomic E-state index is 13.4. The van der Waals surface area contributed by atoms with E-state index in [1.54, 1.807) is 42.5 Å². The number of benzene rings is 3. The lowest BCUT2D eigenvalue weighted by molar-refractivity contribution is -0.114. The first-order valence-corrected chi connectivity index (χ1v) is 14.6. The lowest BCUT2D eigenvalue weighted by Crippen LogP contribution is -2.38. The molecule has 9 nitrogen and oxygen atoms in total. The highest BCUT2D eigenvalue weighted by Gasteiger charge is 2.27. The first kappa shape index (κ1) is 26.8. The summed E-state index contributed by atoms with van der Waals surface area (Å²) in [7, 11) is -7.90. The minimum Gasteiger partial charge on any atom is -0.325 e. The predicted octanol–water partition coefficient (Wildman–Crippen LogP) is 4.28. The SMILES string of the molecule is CCc1ccc(N(CC(=O)Nc2ccc(S(=O)(=O)Nc3cccnc3)cc2)S(=O)(=O)c2ccccc2)cc1. The van der Waals surface area contributed by atoms with E-state index >= 15 is 0 Å². The van der Waals surface area contributed by atoms with Crippen molar-refractivity contribution in [1.29, 1.82) is 0 Å². The molecule has 4 rings (SSSR count). The highest BCUT2D eigenvalue weighted by atomic mass is 32.2. The zero-order chi connectivity index (χ0) is 27.2. The Morgan fingerprint density at radius 2 is 1.47 bits per heavy atom. The summed E-state index contributed by atoms with van der Waals surface area (Å²) in [5.41, 5.74) is 2.01. The highest BCUT2D eigenvalue weighted by Crippen LogP contribution is 2.25. The maximum Gasteiger partial charge on any atom is 0.264 e. The number of hydrogen-bond acceptors (Lipinski definition) is 6. The van der Waals surface area contributed by atoms with E-state index in [4.69, 9.17) is 0 Å². The van der Waals surface area contributed by atoms with Crippen LogP contribution in [-0.2, 0) is 31.3 Å². The van der Waals surface area contributed by atoms with Crippen LogP contribution in [0, 0.1) is 0 Å². The molecule has 0 radical (unpaired) electrons. The molecule has 3 aromatic carbocycles. The van der Waals surface area contributed by atoms with E-state index < -0.39 is 32.5 Å². The van der Waals surface area contributed by atoms with Gasteiger partial charge in [-0.05, 0) is 72.6 Å². The van der Waals surface area contributed by atoms with Crippen molar-refractivity contribution in [2.45, 2.75) is 23.1 Å². The van der Waals surface area contributed by atoms with Crippen molar-refractivity contribution >= 4 is 43.0 Å². The summed E-state index contributed by atoms with van der Waals surface area (Å²) in [4.78, 5) is 16.9. The summed E-state index contributed by atoms with van der Waals surface area (Å²) in [5, 5.41) is 2.65. The Bertz CT molecular complexity index is 1590. The van der Waals surface area contributed by atoms with Gasteiger partial charge in [-0.25, -0.2) is 16.8 Å². The third kappa shape index (κ3) is 6.36. The first-order chi connectivity index (χ1) is 18.2. The summed E-state index contributed by atoms with van der Waals surface area (Å²) in [5.74, 6) is -0.590. The van der Waals surface area contributed by atoms with Gasteiger partial charge in [-0.3, -0.25) is 18.8 Å². The average Bonchev–Trinajstić information content (AvgIpc) is 2.93. The lowest BCUT2D eigenvalue weighted by Gasteiger charge is -2.24. The first-order valence-electron chi connectivity index (χ1n) is 11.7. The van der Waals surface area contributed by atoms with E-state index in [1.807, 2.05) is 19.1 Å². The predicted molar refractivity (Wildman–Crippen MR) is 147 cm³/mol. The number of nitrogens with zero attached hydrogens (tertiary/aromatic N) is 2. The van der Waals surface area contributed by atoms with Crippen molar-refractivity contribution in [2.24, 2.45) is 0 Å². The van der Waals surface area contributed by atoms with Gasteiger partial charge in [0.15, 0.2) is 0 Å². The molecule has 0 saturated heterocycles. The zero-order valence-corrected chi connectivity index (χ0v) is 22.1. The van der Waals surface area contributed by atoms with Gasteiger partial charge in [-0.15, -0.1) is 0 Å². The van der Waals surface area contributed by atoms with Crippen LogP contribution in [0.2, 0.25) is 0 Å². The third-order valence-electron chi connectivity index (χ3n) is 5.61. The number of nitrogens with one attached hydrogen (secondary N) is 2. The van der Waals surface area contributed by atoms with Gasteiger partial charge in [-0.1, -0.05) is 37.3 Å². The number of pyridine rings is 1. The quantitative estimate of drug-likeness (QED) is 0.304. The smallest absolute Gasteiger partial charge is 0.264 e. The van der Waals surface area contributed by atoms with Crippen LogP contribution in [0.25, 0.3) is 0 Å². The fraction of sp³-hybridized carbons (Fsp3) is 0.111. The number of anilines is 3.